The number of carbonyl (C=O) groups is 3. The van der Waals surface area contributed by atoms with Crippen molar-refractivity contribution in [1.29, 1.82) is 0 Å². The van der Waals surface area contributed by atoms with Crippen LogP contribution < -0.4 is 16.0 Å². The van der Waals surface area contributed by atoms with Crippen LogP contribution in [0.3, 0.4) is 0 Å². The maximum Gasteiger partial charge on any atom is 0.254 e. The Kier molecular flexibility index (Phi) is 5.60. The van der Waals surface area contributed by atoms with Crippen LogP contribution in [-0.2, 0) is 17.9 Å². The zero-order valence-corrected chi connectivity index (χ0v) is 16.9. The van der Waals surface area contributed by atoms with Gasteiger partial charge in [-0.2, -0.15) is 0 Å². The molecule has 2 aromatic carbocycles. The highest BCUT2D eigenvalue weighted by molar-refractivity contribution is 6.00. The lowest BCUT2D eigenvalue weighted by molar-refractivity contribution is -0.129. The second-order valence-electron chi connectivity index (χ2n) is 7.59. The molecule has 2 aliphatic rings. The predicted octanol–water partition coefficient (Wildman–Crippen LogP) is 1.35. The highest BCUT2D eigenvalue weighted by Crippen LogP contribution is 2.33. The monoisotopic (exact) mass is 426 g/mol. The molecule has 0 aromatic heterocycles. The number of rotatable bonds is 5. The van der Waals surface area contributed by atoms with E-state index in [0.29, 0.717) is 23.2 Å². The van der Waals surface area contributed by atoms with Gasteiger partial charge in [-0.05, 0) is 24.6 Å². The minimum atomic E-state index is -1.11. The van der Waals surface area contributed by atoms with E-state index >= 15 is 0 Å². The molecule has 2 aliphatic heterocycles. The second kappa shape index (κ2) is 8.35. The first-order valence-electron chi connectivity index (χ1n) is 10.0. The number of nitrogens with zero attached hydrogens (tertiary/aromatic N) is 1. The summed E-state index contributed by atoms with van der Waals surface area (Å²) in [6.07, 6.45) is -0.488. The minimum Gasteiger partial charge on any atom is -0.381 e. The van der Waals surface area contributed by atoms with E-state index in [1.807, 2.05) is 0 Å². The van der Waals surface area contributed by atoms with Crippen molar-refractivity contribution in [3.63, 3.8) is 0 Å². The maximum absolute atomic E-state index is 14.7. The summed E-state index contributed by atoms with van der Waals surface area (Å²) in [6.45, 7) is 0.402. The number of hydrogen-bond donors (Lipinski definition) is 4. The number of aliphatic hydroxyl groups is 1. The third-order valence-corrected chi connectivity index (χ3v) is 5.76. The molecule has 8 nitrogen and oxygen atoms in total. The van der Waals surface area contributed by atoms with Gasteiger partial charge in [-0.25, -0.2) is 4.39 Å². The fourth-order valence-corrected chi connectivity index (χ4v) is 4.10. The molecule has 31 heavy (non-hydrogen) atoms. The Labute approximate surface area is 178 Å². The van der Waals surface area contributed by atoms with Crippen LogP contribution in [0.5, 0.6) is 0 Å². The Hall–Kier alpha value is -3.46. The highest BCUT2D eigenvalue weighted by Gasteiger charge is 2.39. The van der Waals surface area contributed by atoms with Crippen molar-refractivity contribution < 1.29 is 23.9 Å². The van der Waals surface area contributed by atoms with E-state index in [2.05, 4.69) is 16.0 Å². The first-order chi connectivity index (χ1) is 14.9. The topological polar surface area (TPSA) is 111 Å². The van der Waals surface area contributed by atoms with Gasteiger partial charge in [0, 0.05) is 48.9 Å². The molecule has 1 fully saturated rings. The average molecular weight is 426 g/mol. The summed E-state index contributed by atoms with van der Waals surface area (Å²) >= 11 is 0. The van der Waals surface area contributed by atoms with Gasteiger partial charge in [-0.15, -0.1) is 0 Å². The van der Waals surface area contributed by atoms with Gasteiger partial charge in [0.25, 0.3) is 11.8 Å². The van der Waals surface area contributed by atoms with Crippen molar-refractivity contribution in [2.24, 2.45) is 0 Å². The van der Waals surface area contributed by atoms with Gasteiger partial charge >= 0.3 is 0 Å². The number of benzene rings is 2. The van der Waals surface area contributed by atoms with E-state index in [1.54, 1.807) is 35.2 Å². The standard InChI is InChI=1S/C22H23FN4O4/c1-24-20(29)14-6-2-4-12(19(14)23)10-25-16-7-3-5-13-15(16)11-27(22(13)31)17-8-9-18(28)26-21(17)30/h2-7,17,21,25,30H,8-11H2,1H3,(H,24,29)(H,26,28)/t17-,21?/m1/s1. The van der Waals surface area contributed by atoms with E-state index in [0.717, 1.165) is 5.56 Å². The molecule has 1 unspecified atom stereocenters. The first-order valence-corrected chi connectivity index (χ1v) is 10.0. The summed E-state index contributed by atoms with van der Waals surface area (Å²) in [7, 11) is 1.44. The largest absolute Gasteiger partial charge is 0.381 e. The van der Waals surface area contributed by atoms with Crippen molar-refractivity contribution in [2.45, 2.75) is 38.2 Å². The van der Waals surface area contributed by atoms with Crippen LogP contribution in [0.15, 0.2) is 36.4 Å². The van der Waals surface area contributed by atoms with E-state index in [1.165, 1.54) is 13.1 Å². The lowest BCUT2D eigenvalue weighted by Gasteiger charge is -2.35. The Morgan fingerprint density at radius 3 is 2.77 bits per heavy atom. The van der Waals surface area contributed by atoms with Gasteiger partial charge in [0.05, 0.1) is 11.6 Å². The van der Waals surface area contributed by atoms with Crippen LogP contribution in [-0.4, -0.2) is 47.0 Å². The van der Waals surface area contributed by atoms with E-state index in [-0.39, 0.29) is 36.9 Å². The summed E-state index contributed by atoms with van der Waals surface area (Å²) in [4.78, 5) is 37.8. The Balaban J connectivity index is 1.54. The molecular weight excluding hydrogens is 403 g/mol. The number of anilines is 1. The molecule has 2 heterocycles. The Morgan fingerprint density at radius 1 is 1.26 bits per heavy atom. The van der Waals surface area contributed by atoms with Crippen LogP contribution >= 0.6 is 0 Å². The summed E-state index contributed by atoms with van der Waals surface area (Å²) in [6, 6.07) is 9.37. The van der Waals surface area contributed by atoms with Crippen LogP contribution in [0.4, 0.5) is 10.1 Å². The van der Waals surface area contributed by atoms with Crippen molar-refractivity contribution in [3.05, 3.63) is 64.5 Å². The third-order valence-electron chi connectivity index (χ3n) is 5.76. The quantitative estimate of drug-likeness (QED) is 0.577. The number of carbonyl (C=O) groups excluding carboxylic acids is 3. The van der Waals surface area contributed by atoms with Crippen molar-refractivity contribution in [3.8, 4) is 0 Å². The van der Waals surface area contributed by atoms with Crippen LogP contribution in [0.2, 0.25) is 0 Å². The molecule has 0 aliphatic carbocycles. The molecule has 0 saturated carbocycles. The number of halogens is 1. The normalized spacial score (nSPS) is 20.3. The van der Waals surface area contributed by atoms with Crippen LogP contribution in [0, 0.1) is 5.82 Å². The summed E-state index contributed by atoms with van der Waals surface area (Å²) < 4.78 is 14.7. The highest BCUT2D eigenvalue weighted by atomic mass is 19.1. The fraction of sp³-hybridized carbons (Fsp3) is 0.318. The van der Waals surface area contributed by atoms with Gasteiger partial charge in [0.2, 0.25) is 5.91 Å². The molecule has 0 spiro atoms. The average Bonchev–Trinajstić information content (AvgIpc) is 3.09. The Morgan fingerprint density at radius 2 is 2.03 bits per heavy atom. The number of piperidine rings is 1. The SMILES string of the molecule is CNC(=O)c1cccc(CNc2cccc3c2CN([C@@H]2CCC(=O)NC2O)C3=O)c1F. The molecule has 9 heteroatoms. The minimum absolute atomic E-state index is 0.0326. The molecule has 0 radical (unpaired) electrons. The lowest BCUT2D eigenvalue weighted by Crippen LogP contribution is -2.55. The molecule has 4 rings (SSSR count). The Bertz CT molecular complexity index is 1060. The zero-order chi connectivity index (χ0) is 22.1. The summed E-state index contributed by atoms with van der Waals surface area (Å²) in [5, 5.41) is 18.3. The predicted molar refractivity (Wildman–Crippen MR) is 111 cm³/mol. The third kappa shape index (κ3) is 3.84. The molecule has 1 saturated heterocycles. The first kappa shape index (κ1) is 20.8. The fourth-order valence-electron chi connectivity index (χ4n) is 4.10. The number of fused-ring (bicyclic) bond motifs is 1. The zero-order valence-electron chi connectivity index (χ0n) is 16.9. The van der Waals surface area contributed by atoms with E-state index in [9.17, 15) is 23.9 Å². The number of hydrogen-bond acceptors (Lipinski definition) is 5. The van der Waals surface area contributed by atoms with Gasteiger partial charge in [0.15, 0.2) is 0 Å². The maximum atomic E-state index is 14.7. The smallest absolute Gasteiger partial charge is 0.254 e. The van der Waals surface area contributed by atoms with Crippen LogP contribution in [0.1, 0.15) is 44.7 Å². The molecular formula is C22H23FN4O4. The summed E-state index contributed by atoms with van der Waals surface area (Å²) in [5.41, 5.74) is 2.22. The molecule has 0 bridgehead atoms. The molecule has 162 valence electrons. The summed E-state index contributed by atoms with van der Waals surface area (Å²) in [5.74, 6) is -1.55. The lowest BCUT2D eigenvalue weighted by atomic mass is 10.0. The van der Waals surface area contributed by atoms with Gasteiger partial charge in [-0.1, -0.05) is 18.2 Å². The van der Waals surface area contributed by atoms with Gasteiger partial charge in [-0.3, -0.25) is 14.4 Å². The molecule has 2 aromatic rings. The van der Waals surface area contributed by atoms with Crippen molar-refractivity contribution in [2.75, 3.05) is 12.4 Å². The van der Waals surface area contributed by atoms with Gasteiger partial charge < -0.3 is 26.0 Å². The van der Waals surface area contributed by atoms with Crippen molar-refractivity contribution >= 4 is 23.4 Å². The van der Waals surface area contributed by atoms with E-state index < -0.39 is 24.0 Å². The molecule has 2 atom stereocenters. The number of aliphatic hydroxyl groups excluding tert-OH is 1. The van der Waals surface area contributed by atoms with Gasteiger partial charge in [0.1, 0.15) is 12.0 Å². The number of amides is 3. The number of nitrogens with one attached hydrogen (secondary N) is 3. The second-order valence-corrected chi connectivity index (χ2v) is 7.59. The van der Waals surface area contributed by atoms with Crippen LogP contribution in [0.25, 0.3) is 0 Å². The molecule has 3 amide bonds. The van der Waals surface area contributed by atoms with Crippen molar-refractivity contribution in [1.82, 2.24) is 15.5 Å². The van der Waals surface area contributed by atoms with E-state index in [4.69, 9.17) is 0 Å². The molecule has 4 N–H and O–H groups in total.